The van der Waals surface area contributed by atoms with Gasteiger partial charge in [0.15, 0.2) is 0 Å². The zero-order valence-corrected chi connectivity index (χ0v) is 7.29. The van der Waals surface area contributed by atoms with Gasteiger partial charge in [0.05, 0.1) is 6.17 Å². The quantitative estimate of drug-likeness (QED) is 0.457. The van der Waals surface area contributed by atoms with Gasteiger partial charge in [-0.2, -0.15) is 0 Å². The highest BCUT2D eigenvalue weighted by atomic mass is 15.5. The summed E-state index contributed by atoms with van der Waals surface area (Å²) < 4.78 is 7.67. The first-order valence-corrected chi connectivity index (χ1v) is 5.16. The van der Waals surface area contributed by atoms with Gasteiger partial charge in [-0.3, -0.25) is 10.7 Å². The highest BCUT2D eigenvalue weighted by Crippen LogP contribution is 2.33. The Morgan fingerprint density at radius 1 is 1.08 bits per heavy atom. The summed E-state index contributed by atoms with van der Waals surface area (Å²) in [6, 6.07) is 1.13. The van der Waals surface area contributed by atoms with E-state index >= 15 is 0 Å². The molecule has 12 heavy (non-hydrogen) atoms. The lowest BCUT2D eigenvalue weighted by molar-refractivity contribution is 0.251. The Hall–Kier alpha value is -0.120. The molecule has 3 fully saturated rings. The van der Waals surface area contributed by atoms with Crippen LogP contribution in [0.4, 0.5) is 0 Å². The minimum Gasteiger partial charge on any atom is -0.293 e. The first kappa shape index (κ1) is 6.35. The van der Waals surface area contributed by atoms with Crippen molar-refractivity contribution < 1.29 is 1.41 Å². The van der Waals surface area contributed by atoms with E-state index in [1.54, 1.807) is 5.31 Å². The number of fused-ring (bicyclic) bond motifs is 3. The molecule has 1 aliphatic carbocycles. The predicted molar refractivity (Wildman–Crippen MR) is 47.3 cm³/mol. The standard InChI is InChI=1S/C9H17N3/c1-2-4-6-7(5-3-1)11-12-9-8(6)10-9/h6-12H,1-5H2/i/hD. The van der Waals surface area contributed by atoms with Crippen LogP contribution in [0.25, 0.3) is 0 Å². The van der Waals surface area contributed by atoms with E-state index in [-0.39, 0.29) is 0 Å². The average Bonchev–Trinajstić information content (AvgIpc) is 2.83. The molecule has 3 rings (SSSR count). The summed E-state index contributed by atoms with van der Waals surface area (Å²) in [4.78, 5) is 0. The molecule has 0 bridgehead atoms. The Kier molecular flexibility index (Phi) is 1.42. The monoisotopic (exact) mass is 168 g/mol. The van der Waals surface area contributed by atoms with Crippen LogP contribution in [0.1, 0.15) is 32.1 Å². The summed E-state index contributed by atoms with van der Waals surface area (Å²) in [7, 11) is 0. The second-order valence-electron chi connectivity index (χ2n) is 4.28. The average molecular weight is 168 g/mol. The van der Waals surface area contributed by atoms with E-state index in [2.05, 4.69) is 10.9 Å². The molecule has 3 heteroatoms. The Morgan fingerprint density at radius 2 is 2.00 bits per heavy atom. The SMILES string of the molecule is [2H]N1C2NNC3CCCCCC3C21. The van der Waals surface area contributed by atoms with Gasteiger partial charge in [-0.15, -0.1) is 0 Å². The van der Waals surface area contributed by atoms with Crippen molar-refractivity contribution in [1.29, 1.82) is 0 Å². The molecule has 0 radical (unpaired) electrons. The first-order chi connectivity index (χ1) is 6.38. The summed E-state index contributed by atoms with van der Waals surface area (Å²) >= 11 is 0. The van der Waals surface area contributed by atoms with Gasteiger partial charge in [0.25, 0.3) is 0 Å². The third-order valence-electron chi connectivity index (χ3n) is 3.49. The summed E-state index contributed by atoms with van der Waals surface area (Å²) in [6.45, 7) is 0. The van der Waals surface area contributed by atoms with Crippen molar-refractivity contribution in [3.63, 3.8) is 0 Å². The largest absolute Gasteiger partial charge is 0.293 e. The molecular weight excluding hydrogens is 150 g/mol. The molecule has 5 atom stereocenters. The van der Waals surface area contributed by atoms with Gasteiger partial charge in [0.1, 0.15) is 1.41 Å². The van der Waals surface area contributed by atoms with Crippen LogP contribution in [0.5, 0.6) is 0 Å². The van der Waals surface area contributed by atoms with E-state index in [4.69, 9.17) is 1.41 Å². The van der Waals surface area contributed by atoms with Crippen molar-refractivity contribution in [2.24, 2.45) is 5.92 Å². The topological polar surface area (TPSA) is 46.0 Å². The van der Waals surface area contributed by atoms with Crippen LogP contribution in [0.2, 0.25) is 1.41 Å². The molecule has 3 aliphatic rings. The number of nitrogens with one attached hydrogen (secondary N) is 3. The number of hydrogen-bond acceptors (Lipinski definition) is 3. The highest BCUT2D eigenvalue weighted by molar-refractivity contribution is 5.06. The molecule has 2 heterocycles. The molecule has 3 nitrogen and oxygen atoms in total. The third-order valence-corrected chi connectivity index (χ3v) is 3.49. The van der Waals surface area contributed by atoms with E-state index in [1.165, 1.54) is 32.1 Å². The second kappa shape index (κ2) is 2.69. The van der Waals surface area contributed by atoms with Gasteiger partial charge in [0, 0.05) is 12.1 Å². The molecule has 68 valence electrons. The van der Waals surface area contributed by atoms with Gasteiger partial charge >= 0.3 is 0 Å². The van der Waals surface area contributed by atoms with Crippen LogP contribution in [0.15, 0.2) is 0 Å². The van der Waals surface area contributed by atoms with Crippen LogP contribution in [-0.4, -0.2) is 18.2 Å². The van der Waals surface area contributed by atoms with E-state index in [0.717, 1.165) is 5.92 Å². The van der Waals surface area contributed by atoms with Crippen molar-refractivity contribution in [2.75, 3.05) is 0 Å². The fourth-order valence-corrected chi connectivity index (χ4v) is 2.72. The van der Waals surface area contributed by atoms with Crippen molar-refractivity contribution in [2.45, 2.75) is 50.4 Å². The summed E-state index contributed by atoms with van der Waals surface area (Å²) in [5, 5.41) is 1.71. The second-order valence-corrected chi connectivity index (χ2v) is 4.28. The van der Waals surface area contributed by atoms with Gasteiger partial charge in [-0.25, -0.2) is 5.43 Å². The minimum atomic E-state index is 0.305. The van der Waals surface area contributed by atoms with Crippen LogP contribution >= 0.6 is 0 Å². The lowest BCUT2D eigenvalue weighted by atomic mass is 9.90. The Bertz CT molecular complexity index is 211. The van der Waals surface area contributed by atoms with E-state index < -0.39 is 0 Å². The number of rotatable bonds is 0. The molecule has 0 aromatic heterocycles. The van der Waals surface area contributed by atoms with Gasteiger partial charge in [-0.05, 0) is 18.8 Å². The minimum absolute atomic E-state index is 0.305. The lowest BCUT2D eigenvalue weighted by Gasteiger charge is -2.29. The normalized spacial score (nSPS) is 59.3. The Balaban J connectivity index is 1.75. The molecule has 0 aromatic rings. The molecule has 0 amide bonds. The van der Waals surface area contributed by atoms with Crippen molar-refractivity contribution in [3.05, 3.63) is 0 Å². The molecular formula is C9H17N3. The zero-order chi connectivity index (χ0) is 8.84. The Labute approximate surface area is 74.7 Å². The fraction of sp³-hybridized carbons (Fsp3) is 1.00. The molecule has 2 saturated heterocycles. The molecule has 0 spiro atoms. The van der Waals surface area contributed by atoms with Crippen molar-refractivity contribution >= 4 is 0 Å². The van der Waals surface area contributed by atoms with Crippen LogP contribution in [0, 0.1) is 5.92 Å². The van der Waals surface area contributed by atoms with E-state index in [1.807, 2.05) is 0 Å². The van der Waals surface area contributed by atoms with E-state index in [0.29, 0.717) is 18.2 Å². The Morgan fingerprint density at radius 3 is 3.00 bits per heavy atom. The number of hydrogen-bond donors (Lipinski definition) is 3. The van der Waals surface area contributed by atoms with Crippen molar-refractivity contribution in [1.82, 2.24) is 16.2 Å². The van der Waals surface area contributed by atoms with Gasteiger partial charge < -0.3 is 0 Å². The summed E-state index contributed by atoms with van der Waals surface area (Å²) in [5.74, 6) is 0.728. The molecule has 2 aliphatic heterocycles. The molecule has 0 aromatic carbocycles. The van der Waals surface area contributed by atoms with Gasteiger partial charge in [-0.1, -0.05) is 19.3 Å². The lowest BCUT2D eigenvalue weighted by Crippen LogP contribution is -2.52. The molecule has 1 saturated carbocycles. The molecule has 5 unspecified atom stereocenters. The fourth-order valence-electron chi connectivity index (χ4n) is 2.72. The maximum absolute atomic E-state index is 7.67. The summed E-state index contributed by atoms with van der Waals surface area (Å²) in [5.41, 5.74) is 6.59. The third kappa shape index (κ3) is 1.08. The van der Waals surface area contributed by atoms with Crippen LogP contribution in [0.3, 0.4) is 0 Å². The van der Waals surface area contributed by atoms with Crippen LogP contribution in [-0.2, 0) is 0 Å². The van der Waals surface area contributed by atoms with Gasteiger partial charge in [0.2, 0.25) is 0 Å². The molecule has 3 N–H and O–H groups in total. The highest BCUT2D eigenvalue weighted by Gasteiger charge is 2.48. The smallest absolute Gasteiger partial charge is 0.124 e. The first-order valence-electron chi connectivity index (χ1n) is 5.61. The number of hydrazine groups is 1. The maximum atomic E-state index is 7.67. The van der Waals surface area contributed by atoms with E-state index in [9.17, 15) is 0 Å². The maximum Gasteiger partial charge on any atom is 0.124 e. The zero-order valence-electron chi connectivity index (χ0n) is 8.29. The summed E-state index contributed by atoms with van der Waals surface area (Å²) in [6.07, 6.45) is 7.00. The van der Waals surface area contributed by atoms with Crippen molar-refractivity contribution in [3.8, 4) is 0 Å². The van der Waals surface area contributed by atoms with Crippen LogP contribution < -0.4 is 16.2 Å². The predicted octanol–water partition coefficient (Wildman–Crippen LogP) is 0.341.